The summed E-state index contributed by atoms with van der Waals surface area (Å²) in [4.78, 5) is 14.5. The van der Waals surface area contributed by atoms with E-state index in [2.05, 4.69) is 10.0 Å². The summed E-state index contributed by atoms with van der Waals surface area (Å²) < 4.78 is 27.5. The number of rotatable bonds is 7. The van der Waals surface area contributed by atoms with Crippen LogP contribution in [0.25, 0.3) is 10.8 Å². The van der Waals surface area contributed by atoms with Crippen molar-refractivity contribution >= 4 is 26.7 Å². The van der Waals surface area contributed by atoms with Gasteiger partial charge in [0.2, 0.25) is 15.9 Å². The van der Waals surface area contributed by atoms with Crippen LogP contribution in [0.15, 0.2) is 47.4 Å². The SMILES string of the molecule is CNCC1CCCN1C(=O)CCNS(=O)(=O)c1ccc2ccccc2c1. The number of fused-ring (bicyclic) bond motifs is 1. The number of carbonyl (C=O) groups excluding carboxylic acids is 1. The quantitative estimate of drug-likeness (QED) is 0.772. The van der Waals surface area contributed by atoms with Crippen LogP contribution in [0.5, 0.6) is 0 Å². The van der Waals surface area contributed by atoms with Crippen LogP contribution in [-0.4, -0.2) is 51.9 Å². The van der Waals surface area contributed by atoms with E-state index < -0.39 is 10.0 Å². The zero-order chi connectivity index (χ0) is 18.6. The molecule has 0 bridgehead atoms. The number of carbonyl (C=O) groups is 1. The second kappa shape index (κ2) is 8.16. The third-order valence-electron chi connectivity index (χ3n) is 4.80. The van der Waals surface area contributed by atoms with Gasteiger partial charge in [0.1, 0.15) is 0 Å². The van der Waals surface area contributed by atoms with Gasteiger partial charge in [0, 0.05) is 32.1 Å². The number of hydrogen-bond acceptors (Lipinski definition) is 4. The van der Waals surface area contributed by atoms with E-state index in [-0.39, 0.29) is 29.8 Å². The van der Waals surface area contributed by atoms with E-state index in [0.29, 0.717) is 0 Å². The first-order valence-corrected chi connectivity index (χ1v) is 10.4. The maximum absolute atomic E-state index is 12.5. The Morgan fingerprint density at radius 3 is 2.73 bits per heavy atom. The first-order valence-electron chi connectivity index (χ1n) is 8.94. The maximum Gasteiger partial charge on any atom is 0.240 e. The summed E-state index contributed by atoms with van der Waals surface area (Å²) in [5.74, 6) is 0.00367. The molecule has 140 valence electrons. The molecule has 1 fully saturated rings. The molecule has 6 nitrogen and oxygen atoms in total. The monoisotopic (exact) mass is 375 g/mol. The first kappa shape index (κ1) is 18.8. The van der Waals surface area contributed by atoms with Crippen LogP contribution in [0.3, 0.4) is 0 Å². The predicted molar refractivity (Wildman–Crippen MR) is 102 cm³/mol. The number of sulfonamides is 1. The molecule has 2 aromatic rings. The largest absolute Gasteiger partial charge is 0.338 e. The lowest BCUT2D eigenvalue weighted by atomic mass is 10.1. The molecule has 1 aliphatic heterocycles. The molecule has 1 aliphatic rings. The Hall–Kier alpha value is -1.96. The van der Waals surface area contributed by atoms with E-state index in [0.717, 1.165) is 36.7 Å². The summed E-state index contributed by atoms with van der Waals surface area (Å²) in [5.41, 5.74) is 0. The van der Waals surface area contributed by atoms with Crippen LogP contribution in [0, 0.1) is 0 Å². The number of likely N-dealkylation sites (N-methyl/N-ethyl adjacent to an activating group) is 1. The summed E-state index contributed by atoms with van der Waals surface area (Å²) in [6.45, 7) is 1.63. The van der Waals surface area contributed by atoms with Crippen molar-refractivity contribution in [2.75, 3.05) is 26.7 Å². The smallest absolute Gasteiger partial charge is 0.240 e. The van der Waals surface area contributed by atoms with Gasteiger partial charge < -0.3 is 10.2 Å². The Morgan fingerprint density at radius 2 is 1.96 bits per heavy atom. The highest BCUT2D eigenvalue weighted by Crippen LogP contribution is 2.19. The van der Waals surface area contributed by atoms with Crippen LogP contribution < -0.4 is 10.0 Å². The van der Waals surface area contributed by atoms with E-state index in [1.165, 1.54) is 0 Å². The number of amides is 1. The van der Waals surface area contributed by atoms with Crippen molar-refractivity contribution in [3.8, 4) is 0 Å². The van der Waals surface area contributed by atoms with E-state index in [1.54, 1.807) is 18.2 Å². The molecule has 7 heteroatoms. The minimum Gasteiger partial charge on any atom is -0.338 e. The molecular weight excluding hydrogens is 350 g/mol. The van der Waals surface area contributed by atoms with Gasteiger partial charge in [-0.05, 0) is 42.8 Å². The van der Waals surface area contributed by atoms with Gasteiger partial charge in [-0.15, -0.1) is 0 Å². The van der Waals surface area contributed by atoms with Crippen molar-refractivity contribution < 1.29 is 13.2 Å². The second-order valence-electron chi connectivity index (χ2n) is 6.60. The van der Waals surface area contributed by atoms with Crippen molar-refractivity contribution in [3.63, 3.8) is 0 Å². The highest BCUT2D eigenvalue weighted by atomic mass is 32.2. The Bertz CT molecular complexity index is 882. The van der Waals surface area contributed by atoms with Crippen LogP contribution >= 0.6 is 0 Å². The molecule has 1 unspecified atom stereocenters. The minimum absolute atomic E-state index is 0.00367. The molecule has 0 spiro atoms. The molecule has 0 saturated carbocycles. The van der Waals surface area contributed by atoms with Gasteiger partial charge in [-0.2, -0.15) is 0 Å². The zero-order valence-corrected chi connectivity index (χ0v) is 15.8. The Kier molecular flexibility index (Phi) is 5.90. The first-order chi connectivity index (χ1) is 12.5. The highest BCUT2D eigenvalue weighted by Gasteiger charge is 2.27. The molecule has 3 rings (SSSR count). The number of benzene rings is 2. The average molecular weight is 375 g/mol. The van der Waals surface area contributed by atoms with Crippen LogP contribution in [0.4, 0.5) is 0 Å². The highest BCUT2D eigenvalue weighted by molar-refractivity contribution is 7.89. The van der Waals surface area contributed by atoms with Gasteiger partial charge in [0.25, 0.3) is 0 Å². The van der Waals surface area contributed by atoms with Crippen LogP contribution in [-0.2, 0) is 14.8 Å². The zero-order valence-electron chi connectivity index (χ0n) is 14.9. The average Bonchev–Trinajstić information content (AvgIpc) is 3.10. The van der Waals surface area contributed by atoms with Gasteiger partial charge in [-0.3, -0.25) is 4.79 Å². The van der Waals surface area contributed by atoms with Crippen molar-refractivity contribution in [1.82, 2.24) is 14.9 Å². The topological polar surface area (TPSA) is 78.5 Å². The van der Waals surface area contributed by atoms with Crippen molar-refractivity contribution in [3.05, 3.63) is 42.5 Å². The van der Waals surface area contributed by atoms with Gasteiger partial charge in [0.05, 0.1) is 4.90 Å². The Labute approximate surface area is 154 Å². The molecule has 1 amide bonds. The summed E-state index contributed by atoms with van der Waals surface area (Å²) in [6, 6.07) is 12.9. The molecular formula is C19H25N3O3S. The number of likely N-dealkylation sites (tertiary alicyclic amines) is 1. The lowest BCUT2D eigenvalue weighted by Gasteiger charge is -2.24. The second-order valence-corrected chi connectivity index (χ2v) is 8.36. The number of nitrogens with zero attached hydrogens (tertiary/aromatic N) is 1. The minimum atomic E-state index is -3.63. The fourth-order valence-electron chi connectivity index (χ4n) is 3.47. The van der Waals surface area contributed by atoms with Gasteiger partial charge in [0.15, 0.2) is 0 Å². The van der Waals surface area contributed by atoms with Crippen molar-refractivity contribution in [2.45, 2.75) is 30.2 Å². The number of hydrogen-bond donors (Lipinski definition) is 2. The van der Waals surface area contributed by atoms with E-state index >= 15 is 0 Å². The molecule has 0 aliphatic carbocycles. The van der Waals surface area contributed by atoms with E-state index in [1.807, 2.05) is 36.2 Å². The van der Waals surface area contributed by atoms with Gasteiger partial charge in [-0.25, -0.2) is 13.1 Å². The summed E-state index contributed by atoms with van der Waals surface area (Å²) >= 11 is 0. The summed E-state index contributed by atoms with van der Waals surface area (Å²) in [7, 11) is -1.75. The van der Waals surface area contributed by atoms with Crippen LogP contribution in [0.1, 0.15) is 19.3 Å². The third-order valence-corrected chi connectivity index (χ3v) is 6.26. The molecule has 1 heterocycles. The Balaban J connectivity index is 1.60. The molecule has 2 N–H and O–H groups in total. The molecule has 1 saturated heterocycles. The Morgan fingerprint density at radius 1 is 1.19 bits per heavy atom. The third kappa shape index (κ3) is 4.23. The standard InChI is InChI=1S/C19H25N3O3S/c1-20-14-17-7-4-12-22(17)19(23)10-11-21-26(24,25)18-9-8-15-5-2-3-6-16(15)13-18/h2-3,5-6,8-9,13,17,20-21H,4,7,10-12,14H2,1H3. The molecule has 26 heavy (non-hydrogen) atoms. The lowest BCUT2D eigenvalue weighted by Crippen LogP contribution is -2.42. The van der Waals surface area contributed by atoms with E-state index in [4.69, 9.17) is 0 Å². The lowest BCUT2D eigenvalue weighted by molar-refractivity contribution is -0.131. The normalized spacial score (nSPS) is 17.7. The molecule has 0 radical (unpaired) electrons. The number of nitrogens with one attached hydrogen (secondary N) is 2. The van der Waals surface area contributed by atoms with Crippen molar-refractivity contribution in [1.29, 1.82) is 0 Å². The van der Waals surface area contributed by atoms with Gasteiger partial charge >= 0.3 is 0 Å². The maximum atomic E-state index is 12.5. The van der Waals surface area contributed by atoms with Gasteiger partial charge in [-0.1, -0.05) is 30.3 Å². The molecule has 1 atom stereocenters. The molecule has 0 aromatic heterocycles. The fraction of sp³-hybridized carbons (Fsp3) is 0.421. The summed E-state index contributed by atoms with van der Waals surface area (Å²) in [6.07, 6.45) is 2.17. The predicted octanol–water partition coefficient (Wildman–Crippen LogP) is 1.72. The van der Waals surface area contributed by atoms with Crippen LogP contribution in [0.2, 0.25) is 0 Å². The van der Waals surface area contributed by atoms with E-state index in [9.17, 15) is 13.2 Å². The molecule has 2 aromatic carbocycles. The fourth-order valence-corrected chi connectivity index (χ4v) is 4.53. The van der Waals surface area contributed by atoms with Crippen molar-refractivity contribution in [2.24, 2.45) is 0 Å². The summed E-state index contributed by atoms with van der Waals surface area (Å²) in [5, 5.41) is 4.97.